The van der Waals surface area contributed by atoms with E-state index in [2.05, 4.69) is 16.4 Å². The number of nitrogens with zero attached hydrogens (tertiary/aromatic N) is 2. The summed E-state index contributed by atoms with van der Waals surface area (Å²) in [6.45, 7) is 2.41. The Morgan fingerprint density at radius 3 is 2.47 bits per heavy atom. The van der Waals surface area contributed by atoms with E-state index in [1.54, 1.807) is 18.3 Å². The third-order valence-corrected chi connectivity index (χ3v) is 4.52. The zero-order valence-corrected chi connectivity index (χ0v) is 16.4. The number of pyridine rings is 1. The molecular formula is C24H20N4O2. The van der Waals surface area contributed by atoms with Gasteiger partial charge in [0.1, 0.15) is 23.3 Å². The van der Waals surface area contributed by atoms with Crippen molar-refractivity contribution in [2.24, 2.45) is 0 Å². The van der Waals surface area contributed by atoms with E-state index in [-0.39, 0.29) is 0 Å². The lowest BCUT2D eigenvalue weighted by Gasteiger charge is -2.14. The molecule has 0 aliphatic heterocycles. The predicted octanol–water partition coefficient (Wildman–Crippen LogP) is 5.62. The van der Waals surface area contributed by atoms with Gasteiger partial charge in [0.2, 0.25) is 0 Å². The topological polar surface area (TPSA) is 93.2 Å². The number of hydrogen-bond donors (Lipinski definition) is 2. The molecule has 0 bridgehead atoms. The summed E-state index contributed by atoms with van der Waals surface area (Å²) < 4.78 is 11.4. The van der Waals surface area contributed by atoms with Gasteiger partial charge in [-0.1, -0.05) is 18.2 Å². The second-order valence-electron chi connectivity index (χ2n) is 6.56. The number of hydrogen-bond acceptors (Lipinski definition) is 6. The highest BCUT2D eigenvalue weighted by Crippen LogP contribution is 2.35. The quantitative estimate of drug-likeness (QED) is 0.411. The molecule has 4 rings (SSSR count). The zero-order chi connectivity index (χ0) is 20.9. The summed E-state index contributed by atoms with van der Waals surface area (Å²) in [7, 11) is 0. The summed E-state index contributed by atoms with van der Waals surface area (Å²) in [6, 6.07) is 22.9. The minimum absolute atomic E-state index is 0.427. The van der Waals surface area contributed by atoms with Gasteiger partial charge in [0.05, 0.1) is 29.1 Å². The van der Waals surface area contributed by atoms with E-state index in [0.717, 1.165) is 22.6 Å². The first-order chi connectivity index (χ1) is 14.7. The number of benzene rings is 3. The lowest BCUT2D eigenvalue weighted by Crippen LogP contribution is -2.00. The van der Waals surface area contributed by atoms with Crippen molar-refractivity contribution in [2.45, 2.75) is 6.92 Å². The van der Waals surface area contributed by atoms with Crippen molar-refractivity contribution in [3.8, 4) is 23.3 Å². The van der Waals surface area contributed by atoms with Gasteiger partial charge >= 0.3 is 0 Å². The Hall–Kier alpha value is -4.24. The predicted molar refractivity (Wildman–Crippen MR) is 118 cm³/mol. The summed E-state index contributed by atoms with van der Waals surface area (Å²) in [5.74, 6) is 2.07. The average Bonchev–Trinajstić information content (AvgIpc) is 2.77. The van der Waals surface area contributed by atoms with Crippen LogP contribution in [0.15, 0.2) is 72.9 Å². The molecule has 3 N–H and O–H groups in total. The van der Waals surface area contributed by atoms with Crippen molar-refractivity contribution in [3.63, 3.8) is 0 Å². The highest BCUT2D eigenvalue weighted by atomic mass is 16.5. The molecule has 3 aromatic carbocycles. The van der Waals surface area contributed by atoms with Crippen LogP contribution in [0.4, 0.5) is 17.1 Å². The maximum absolute atomic E-state index is 9.57. The van der Waals surface area contributed by atoms with Crippen molar-refractivity contribution in [1.29, 1.82) is 5.26 Å². The highest BCUT2D eigenvalue weighted by Gasteiger charge is 2.13. The van der Waals surface area contributed by atoms with Crippen LogP contribution in [0.2, 0.25) is 0 Å². The molecule has 0 fully saturated rings. The molecular weight excluding hydrogens is 376 g/mol. The second-order valence-corrected chi connectivity index (χ2v) is 6.56. The number of fused-ring (bicyclic) bond motifs is 1. The van der Waals surface area contributed by atoms with Crippen LogP contribution in [-0.2, 0) is 0 Å². The number of aromatic nitrogens is 1. The van der Waals surface area contributed by atoms with E-state index in [0.29, 0.717) is 34.8 Å². The van der Waals surface area contributed by atoms with Crippen molar-refractivity contribution in [1.82, 2.24) is 4.98 Å². The maximum atomic E-state index is 9.57. The minimum atomic E-state index is 0.427. The largest absolute Gasteiger partial charge is 0.492 e. The monoisotopic (exact) mass is 396 g/mol. The number of nitrogen functional groups attached to an aromatic ring is 1. The van der Waals surface area contributed by atoms with Crippen molar-refractivity contribution >= 4 is 28.0 Å². The molecule has 0 atom stereocenters. The van der Waals surface area contributed by atoms with Gasteiger partial charge in [-0.25, -0.2) is 0 Å². The van der Waals surface area contributed by atoms with Gasteiger partial charge in [-0.2, -0.15) is 5.26 Å². The fourth-order valence-corrected chi connectivity index (χ4v) is 3.11. The second kappa shape index (κ2) is 8.41. The van der Waals surface area contributed by atoms with Crippen molar-refractivity contribution in [3.05, 3.63) is 78.5 Å². The van der Waals surface area contributed by atoms with Crippen LogP contribution < -0.4 is 20.5 Å². The highest BCUT2D eigenvalue weighted by molar-refractivity contribution is 5.98. The van der Waals surface area contributed by atoms with Crippen LogP contribution in [0.3, 0.4) is 0 Å². The lowest BCUT2D eigenvalue weighted by molar-refractivity contribution is 0.342. The molecule has 6 heteroatoms. The van der Waals surface area contributed by atoms with Crippen LogP contribution in [0.5, 0.6) is 17.2 Å². The number of ether oxygens (including phenoxy) is 2. The number of nitriles is 1. The molecule has 0 unspecified atom stereocenters. The standard InChI is InChI=1S/C24H20N4O2/c1-2-29-23-13-22-20(12-21(23)26)24(16(14-25)15-27-22)28-17-8-10-19(11-9-17)30-18-6-4-3-5-7-18/h3-13,15H,2,26H2,1H3,(H,27,28). The molecule has 0 saturated carbocycles. The molecule has 6 nitrogen and oxygen atoms in total. The average molecular weight is 396 g/mol. The van der Waals surface area contributed by atoms with Gasteiger partial charge in [0, 0.05) is 23.3 Å². The lowest BCUT2D eigenvalue weighted by atomic mass is 10.1. The van der Waals surface area contributed by atoms with E-state index in [1.807, 2.05) is 61.5 Å². The Kier molecular flexibility index (Phi) is 5.35. The first-order valence-corrected chi connectivity index (χ1v) is 9.53. The molecule has 4 aromatic rings. The number of nitrogens with one attached hydrogen (secondary N) is 1. The van der Waals surface area contributed by atoms with Crippen molar-refractivity contribution in [2.75, 3.05) is 17.7 Å². The summed E-state index contributed by atoms with van der Waals surface area (Å²) in [4.78, 5) is 4.38. The summed E-state index contributed by atoms with van der Waals surface area (Å²) >= 11 is 0. The van der Waals surface area contributed by atoms with E-state index in [1.165, 1.54) is 0 Å². The van der Waals surface area contributed by atoms with E-state index in [9.17, 15) is 5.26 Å². The van der Waals surface area contributed by atoms with E-state index < -0.39 is 0 Å². The smallest absolute Gasteiger partial charge is 0.144 e. The molecule has 0 radical (unpaired) electrons. The van der Waals surface area contributed by atoms with Gasteiger partial charge in [-0.05, 0) is 49.4 Å². The molecule has 0 saturated heterocycles. The van der Waals surface area contributed by atoms with Crippen molar-refractivity contribution < 1.29 is 9.47 Å². The molecule has 0 amide bonds. The van der Waals surface area contributed by atoms with Crippen LogP contribution in [-0.4, -0.2) is 11.6 Å². The van der Waals surface area contributed by atoms with E-state index >= 15 is 0 Å². The minimum Gasteiger partial charge on any atom is -0.492 e. The normalized spacial score (nSPS) is 10.4. The maximum Gasteiger partial charge on any atom is 0.144 e. The third kappa shape index (κ3) is 3.96. The molecule has 0 aliphatic rings. The fraction of sp³-hybridized carbons (Fsp3) is 0.0833. The van der Waals surface area contributed by atoms with Gasteiger partial charge in [-0.3, -0.25) is 4.98 Å². The van der Waals surface area contributed by atoms with Gasteiger partial charge in [0.15, 0.2) is 0 Å². The van der Waals surface area contributed by atoms with Gasteiger partial charge in [0.25, 0.3) is 0 Å². The number of para-hydroxylation sites is 1. The van der Waals surface area contributed by atoms with Crippen LogP contribution in [0, 0.1) is 11.3 Å². The third-order valence-electron chi connectivity index (χ3n) is 4.52. The number of rotatable bonds is 6. The Balaban J connectivity index is 1.65. The Labute approximate surface area is 174 Å². The fourth-order valence-electron chi connectivity index (χ4n) is 3.11. The van der Waals surface area contributed by atoms with Crippen LogP contribution in [0.25, 0.3) is 10.9 Å². The molecule has 148 valence electrons. The van der Waals surface area contributed by atoms with E-state index in [4.69, 9.17) is 15.2 Å². The molecule has 0 aliphatic carbocycles. The van der Waals surface area contributed by atoms with Gasteiger partial charge in [-0.15, -0.1) is 0 Å². The molecule has 1 heterocycles. The Morgan fingerprint density at radius 2 is 1.77 bits per heavy atom. The Morgan fingerprint density at radius 1 is 1.03 bits per heavy atom. The van der Waals surface area contributed by atoms with Gasteiger partial charge < -0.3 is 20.5 Å². The first kappa shape index (κ1) is 19.1. The zero-order valence-electron chi connectivity index (χ0n) is 16.4. The summed E-state index contributed by atoms with van der Waals surface area (Å²) in [5.41, 5.74) is 9.21. The Bertz CT molecular complexity index is 1220. The SMILES string of the molecule is CCOc1cc2ncc(C#N)c(Nc3ccc(Oc4ccccc4)cc3)c2cc1N. The molecule has 30 heavy (non-hydrogen) atoms. The number of nitrogens with two attached hydrogens (primary N) is 1. The van der Waals surface area contributed by atoms with Crippen LogP contribution >= 0.6 is 0 Å². The van der Waals surface area contributed by atoms with Crippen LogP contribution in [0.1, 0.15) is 12.5 Å². The first-order valence-electron chi connectivity index (χ1n) is 9.53. The molecule has 1 aromatic heterocycles. The molecule has 0 spiro atoms. The summed E-state index contributed by atoms with van der Waals surface area (Å²) in [5, 5.41) is 13.6. The number of anilines is 3. The summed E-state index contributed by atoms with van der Waals surface area (Å²) in [6.07, 6.45) is 1.55.